The number of hydrogen-bond acceptors (Lipinski definition) is 6. The predicted molar refractivity (Wildman–Crippen MR) is 141 cm³/mol. The third-order valence-corrected chi connectivity index (χ3v) is 6.10. The Morgan fingerprint density at radius 1 is 1.03 bits per heavy atom. The first kappa shape index (κ1) is 25.0. The van der Waals surface area contributed by atoms with E-state index in [0.717, 1.165) is 22.3 Å². The van der Waals surface area contributed by atoms with Crippen LogP contribution < -0.4 is 16.0 Å². The van der Waals surface area contributed by atoms with Crippen LogP contribution in [0.3, 0.4) is 0 Å². The van der Waals surface area contributed by atoms with Crippen molar-refractivity contribution < 1.29 is 9.59 Å². The van der Waals surface area contributed by atoms with Crippen molar-refractivity contribution in [2.75, 3.05) is 10.6 Å². The molecule has 0 fully saturated rings. The summed E-state index contributed by atoms with van der Waals surface area (Å²) in [4.78, 5) is 37.1. The largest absolute Gasteiger partial charge is 0.326 e. The van der Waals surface area contributed by atoms with E-state index in [9.17, 15) is 9.59 Å². The van der Waals surface area contributed by atoms with Crippen molar-refractivity contribution in [1.29, 1.82) is 0 Å². The number of benzene rings is 2. The first-order chi connectivity index (χ1) is 17.1. The maximum atomic E-state index is 12.9. The Morgan fingerprint density at radius 3 is 2.47 bits per heavy atom. The molecule has 0 bridgehead atoms. The summed E-state index contributed by atoms with van der Waals surface area (Å²) in [6, 6.07) is 13.8. The number of imidazole rings is 1. The third kappa shape index (κ3) is 5.75. The zero-order valence-electron chi connectivity index (χ0n) is 21.2. The van der Waals surface area contributed by atoms with E-state index in [1.165, 1.54) is 25.6 Å². The zero-order valence-corrected chi connectivity index (χ0v) is 21.2. The van der Waals surface area contributed by atoms with Gasteiger partial charge in [0.05, 0.1) is 22.3 Å². The van der Waals surface area contributed by atoms with Gasteiger partial charge in [0.25, 0.3) is 5.91 Å². The Hall–Kier alpha value is -4.11. The van der Waals surface area contributed by atoms with Gasteiger partial charge in [0.1, 0.15) is 6.33 Å². The van der Waals surface area contributed by atoms with Crippen molar-refractivity contribution in [2.45, 2.75) is 47.2 Å². The molecule has 0 aliphatic heterocycles. The standard InChI is InChI=1S/C27H31N7O2/c1-17(27(3,4)5)30-13-19-9-10-24-23(11-19)32-26(33-25(36)20-14-28-16-29-15-20)34(24)22-8-6-7-21(12-22)31-18(2)35/h6-12,14-17,30H,13H2,1-5H3,(H,31,35)(H,32,33,36)/t17-/m0/s1. The monoisotopic (exact) mass is 485 g/mol. The minimum atomic E-state index is -0.369. The smallest absolute Gasteiger partial charge is 0.261 e. The summed E-state index contributed by atoms with van der Waals surface area (Å²) >= 11 is 0. The minimum Gasteiger partial charge on any atom is -0.326 e. The molecule has 9 heteroatoms. The Balaban J connectivity index is 1.74. The molecule has 4 rings (SSSR count). The number of rotatable bonds is 7. The lowest BCUT2D eigenvalue weighted by Crippen LogP contribution is -2.37. The first-order valence-electron chi connectivity index (χ1n) is 11.8. The molecule has 0 radical (unpaired) electrons. The average Bonchev–Trinajstić information content (AvgIpc) is 3.19. The average molecular weight is 486 g/mol. The van der Waals surface area contributed by atoms with Gasteiger partial charge in [0.2, 0.25) is 11.9 Å². The quantitative estimate of drug-likeness (QED) is 0.354. The molecule has 0 aliphatic carbocycles. The highest BCUT2D eigenvalue weighted by Gasteiger charge is 2.20. The Bertz CT molecular complexity index is 1390. The van der Waals surface area contributed by atoms with Crippen LogP contribution in [-0.4, -0.2) is 37.4 Å². The van der Waals surface area contributed by atoms with Gasteiger partial charge >= 0.3 is 0 Å². The highest BCUT2D eigenvalue weighted by Crippen LogP contribution is 2.28. The summed E-state index contributed by atoms with van der Waals surface area (Å²) in [5.74, 6) is -0.181. The van der Waals surface area contributed by atoms with Gasteiger partial charge in [-0.3, -0.25) is 19.5 Å². The van der Waals surface area contributed by atoms with Gasteiger partial charge in [0.15, 0.2) is 0 Å². The van der Waals surface area contributed by atoms with Crippen molar-refractivity contribution in [3.8, 4) is 5.69 Å². The van der Waals surface area contributed by atoms with E-state index < -0.39 is 0 Å². The molecule has 1 atom stereocenters. The lowest BCUT2D eigenvalue weighted by molar-refractivity contribution is -0.114. The van der Waals surface area contributed by atoms with Crippen LogP contribution in [0, 0.1) is 5.41 Å². The van der Waals surface area contributed by atoms with E-state index in [1.807, 2.05) is 41.0 Å². The fourth-order valence-electron chi connectivity index (χ4n) is 3.67. The van der Waals surface area contributed by atoms with Crippen LogP contribution in [0.2, 0.25) is 0 Å². The van der Waals surface area contributed by atoms with Crippen molar-refractivity contribution in [3.05, 3.63) is 72.3 Å². The predicted octanol–water partition coefficient (Wildman–Crippen LogP) is 4.55. The number of carbonyl (C=O) groups excluding carboxylic acids is 2. The lowest BCUT2D eigenvalue weighted by Gasteiger charge is -2.28. The van der Waals surface area contributed by atoms with Crippen molar-refractivity contribution >= 4 is 34.5 Å². The molecule has 36 heavy (non-hydrogen) atoms. The zero-order chi connectivity index (χ0) is 25.9. The summed E-state index contributed by atoms with van der Waals surface area (Å²) in [7, 11) is 0. The van der Waals surface area contributed by atoms with Crippen molar-refractivity contribution in [3.63, 3.8) is 0 Å². The van der Waals surface area contributed by atoms with Gasteiger partial charge in [-0.2, -0.15) is 0 Å². The highest BCUT2D eigenvalue weighted by atomic mass is 16.2. The second-order valence-corrected chi connectivity index (χ2v) is 9.88. The van der Waals surface area contributed by atoms with Gasteiger partial charge in [-0.25, -0.2) is 15.0 Å². The fraction of sp³-hybridized carbons (Fsp3) is 0.296. The Kier molecular flexibility index (Phi) is 7.12. The van der Waals surface area contributed by atoms with Crippen LogP contribution in [-0.2, 0) is 11.3 Å². The minimum absolute atomic E-state index is 0.142. The molecule has 9 nitrogen and oxygen atoms in total. The molecule has 0 aliphatic rings. The van der Waals surface area contributed by atoms with E-state index in [2.05, 4.69) is 59.7 Å². The van der Waals surface area contributed by atoms with Crippen molar-refractivity contribution in [1.82, 2.24) is 24.8 Å². The summed E-state index contributed by atoms with van der Waals surface area (Å²) in [6.07, 6.45) is 4.27. The van der Waals surface area contributed by atoms with Gasteiger partial charge < -0.3 is 10.6 Å². The van der Waals surface area contributed by atoms with E-state index in [1.54, 1.807) is 0 Å². The summed E-state index contributed by atoms with van der Waals surface area (Å²) in [6.45, 7) is 11.0. The molecule has 0 saturated heterocycles. The second kappa shape index (κ2) is 10.2. The Morgan fingerprint density at radius 2 is 1.78 bits per heavy atom. The molecule has 4 aromatic rings. The summed E-state index contributed by atoms with van der Waals surface area (Å²) in [5, 5.41) is 9.28. The molecule has 3 N–H and O–H groups in total. The number of aromatic nitrogens is 4. The number of hydrogen-bond donors (Lipinski definition) is 3. The molecule has 0 unspecified atom stereocenters. The van der Waals surface area contributed by atoms with Gasteiger partial charge in [0, 0.05) is 37.6 Å². The Labute approximate surface area is 210 Å². The van der Waals surface area contributed by atoms with Gasteiger partial charge in [-0.05, 0) is 48.2 Å². The van der Waals surface area contributed by atoms with Gasteiger partial charge in [-0.15, -0.1) is 0 Å². The van der Waals surface area contributed by atoms with Crippen LogP contribution >= 0.6 is 0 Å². The molecule has 0 spiro atoms. The summed E-state index contributed by atoms with van der Waals surface area (Å²) in [5.41, 5.74) is 4.50. The fourth-order valence-corrected chi connectivity index (χ4v) is 3.67. The molecule has 2 aromatic heterocycles. The van der Waals surface area contributed by atoms with E-state index in [4.69, 9.17) is 4.98 Å². The maximum Gasteiger partial charge on any atom is 0.261 e. The van der Waals surface area contributed by atoms with E-state index in [-0.39, 0.29) is 17.2 Å². The van der Waals surface area contributed by atoms with Gasteiger partial charge in [-0.1, -0.05) is 32.9 Å². The molecule has 186 valence electrons. The van der Waals surface area contributed by atoms with E-state index >= 15 is 0 Å². The molecule has 2 aromatic carbocycles. The number of nitrogens with one attached hydrogen (secondary N) is 3. The normalized spacial score (nSPS) is 12.4. The van der Waals surface area contributed by atoms with Crippen LogP contribution in [0.1, 0.15) is 50.5 Å². The third-order valence-electron chi connectivity index (χ3n) is 6.10. The van der Waals surface area contributed by atoms with Crippen LogP contribution in [0.15, 0.2) is 61.2 Å². The molecule has 2 heterocycles. The number of anilines is 2. The lowest BCUT2D eigenvalue weighted by atomic mass is 9.88. The highest BCUT2D eigenvalue weighted by molar-refractivity contribution is 6.04. The molecule has 2 amide bonds. The van der Waals surface area contributed by atoms with Crippen molar-refractivity contribution in [2.24, 2.45) is 5.41 Å². The molecular weight excluding hydrogens is 454 g/mol. The molecular formula is C27H31N7O2. The first-order valence-corrected chi connectivity index (χ1v) is 11.8. The number of carbonyl (C=O) groups is 2. The number of fused-ring (bicyclic) bond motifs is 1. The SMILES string of the molecule is CC(=O)Nc1cccc(-n2c(NC(=O)c3cncnc3)nc3cc(CN[C@@H](C)C(C)(C)C)ccc32)c1. The molecule has 0 saturated carbocycles. The topological polar surface area (TPSA) is 114 Å². The van der Waals surface area contributed by atoms with E-state index in [0.29, 0.717) is 29.8 Å². The van der Waals surface area contributed by atoms with Crippen LogP contribution in [0.25, 0.3) is 16.7 Å². The number of nitrogens with zero attached hydrogens (tertiary/aromatic N) is 4. The second-order valence-electron chi connectivity index (χ2n) is 9.88. The van der Waals surface area contributed by atoms with Crippen LogP contribution in [0.4, 0.5) is 11.6 Å². The maximum absolute atomic E-state index is 12.9. The van der Waals surface area contributed by atoms with Crippen LogP contribution in [0.5, 0.6) is 0 Å². The number of amides is 2. The summed E-state index contributed by atoms with van der Waals surface area (Å²) < 4.78 is 1.86.